The van der Waals surface area contributed by atoms with Crippen molar-refractivity contribution < 1.29 is 19.1 Å². The molecule has 0 aromatic heterocycles. The molecule has 1 spiro atoms. The normalized spacial score (nSPS) is 24.7. The fourth-order valence-electron chi connectivity index (χ4n) is 4.56. The number of piperidine rings is 1. The van der Waals surface area contributed by atoms with Crippen LogP contribution in [0, 0.1) is 5.92 Å². The van der Waals surface area contributed by atoms with Gasteiger partial charge in [-0.25, -0.2) is 4.79 Å². The average molecular weight is 371 g/mol. The van der Waals surface area contributed by atoms with E-state index < -0.39 is 5.54 Å². The zero-order chi connectivity index (χ0) is 19.2. The zero-order valence-electron chi connectivity index (χ0n) is 15.8. The van der Waals surface area contributed by atoms with Crippen molar-refractivity contribution in [2.75, 3.05) is 33.8 Å². The van der Waals surface area contributed by atoms with Crippen LogP contribution in [0.1, 0.15) is 24.8 Å². The first-order valence-corrected chi connectivity index (χ1v) is 9.49. The SMILES string of the molecule is CN1C(=O)N(C)C2(CCN(C(=O)C3CCOc4ccccc4C3)CC2)C1=O. The molecule has 0 aliphatic carbocycles. The molecule has 1 aromatic rings. The summed E-state index contributed by atoms with van der Waals surface area (Å²) in [5, 5.41) is 0. The number of hydrogen-bond donors (Lipinski definition) is 0. The highest BCUT2D eigenvalue weighted by molar-refractivity contribution is 6.06. The molecule has 0 bridgehead atoms. The highest BCUT2D eigenvalue weighted by atomic mass is 16.5. The Hall–Kier alpha value is -2.57. The number of para-hydroxylation sites is 1. The molecule has 4 rings (SSSR count). The number of carbonyl (C=O) groups excluding carboxylic acids is 3. The van der Waals surface area contributed by atoms with Crippen LogP contribution in [0.5, 0.6) is 5.75 Å². The van der Waals surface area contributed by atoms with Crippen LogP contribution in [-0.4, -0.2) is 71.9 Å². The Balaban J connectivity index is 1.45. The third-order valence-corrected chi connectivity index (χ3v) is 6.33. The molecule has 3 heterocycles. The summed E-state index contributed by atoms with van der Waals surface area (Å²) in [6.07, 6.45) is 2.35. The van der Waals surface area contributed by atoms with Crippen molar-refractivity contribution >= 4 is 17.8 Å². The van der Waals surface area contributed by atoms with Gasteiger partial charge in [-0.3, -0.25) is 14.5 Å². The topological polar surface area (TPSA) is 70.2 Å². The maximum absolute atomic E-state index is 13.1. The third kappa shape index (κ3) is 2.76. The van der Waals surface area contributed by atoms with Gasteiger partial charge in [0.25, 0.3) is 5.91 Å². The molecule has 0 saturated carbocycles. The molecule has 3 aliphatic heterocycles. The van der Waals surface area contributed by atoms with Crippen LogP contribution in [0.25, 0.3) is 0 Å². The average Bonchev–Trinajstić information content (AvgIpc) is 2.87. The molecule has 3 aliphatic rings. The molecule has 7 nitrogen and oxygen atoms in total. The van der Waals surface area contributed by atoms with E-state index in [1.165, 1.54) is 11.9 Å². The minimum absolute atomic E-state index is 0.107. The lowest BCUT2D eigenvalue weighted by molar-refractivity contribution is -0.142. The van der Waals surface area contributed by atoms with E-state index in [1.54, 1.807) is 11.9 Å². The van der Waals surface area contributed by atoms with Gasteiger partial charge in [0.05, 0.1) is 6.61 Å². The molecule has 1 unspecified atom stereocenters. The largest absolute Gasteiger partial charge is 0.493 e. The van der Waals surface area contributed by atoms with E-state index in [0.717, 1.165) is 11.3 Å². The fraction of sp³-hybridized carbons (Fsp3) is 0.550. The van der Waals surface area contributed by atoms with Crippen LogP contribution in [0.4, 0.5) is 4.79 Å². The monoisotopic (exact) mass is 371 g/mol. The van der Waals surface area contributed by atoms with Gasteiger partial charge >= 0.3 is 6.03 Å². The maximum atomic E-state index is 13.1. The number of ether oxygens (including phenoxy) is 1. The molecule has 27 heavy (non-hydrogen) atoms. The number of nitrogens with zero attached hydrogens (tertiary/aromatic N) is 3. The summed E-state index contributed by atoms with van der Waals surface area (Å²) in [7, 11) is 3.21. The van der Waals surface area contributed by atoms with Crippen LogP contribution in [0.3, 0.4) is 0 Å². The first-order chi connectivity index (χ1) is 12.9. The van der Waals surface area contributed by atoms with Crippen molar-refractivity contribution in [3.05, 3.63) is 29.8 Å². The van der Waals surface area contributed by atoms with Gasteiger partial charge in [-0.05, 0) is 37.3 Å². The van der Waals surface area contributed by atoms with Gasteiger partial charge < -0.3 is 14.5 Å². The zero-order valence-corrected chi connectivity index (χ0v) is 15.8. The highest BCUT2D eigenvalue weighted by Gasteiger charge is 2.55. The lowest BCUT2D eigenvalue weighted by Gasteiger charge is -2.41. The lowest BCUT2D eigenvalue weighted by atomic mass is 9.85. The highest BCUT2D eigenvalue weighted by Crippen LogP contribution is 2.36. The number of urea groups is 1. The Morgan fingerprint density at radius 1 is 1.15 bits per heavy atom. The standard InChI is InChI=1S/C20H25N3O4/c1-21-18(25)20(22(2)19(21)26)8-10-23(11-9-20)17(24)15-7-12-27-16-6-4-3-5-14(16)13-15/h3-6,15H,7-13H2,1-2H3. The second kappa shape index (κ2) is 6.55. The summed E-state index contributed by atoms with van der Waals surface area (Å²) >= 11 is 0. The van der Waals surface area contributed by atoms with Gasteiger partial charge in [-0.15, -0.1) is 0 Å². The second-order valence-corrected chi connectivity index (χ2v) is 7.71. The molecule has 0 radical (unpaired) electrons. The van der Waals surface area contributed by atoms with Crippen LogP contribution in [-0.2, 0) is 16.0 Å². The third-order valence-electron chi connectivity index (χ3n) is 6.33. The van der Waals surface area contributed by atoms with Crippen molar-refractivity contribution in [2.24, 2.45) is 5.92 Å². The summed E-state index contributed by atoms with van der Waals surface area (Å²) in [6.45, 7) is 1.52. The molecule has 2 saturated heterocycles. The quantitative estimate of drug-likeness (QED) is 0.702. The van der Waals surface area contributed by atoms with Gasteiger partial charge in [-0.1, -0.05) is 18.2 Å². The van der Waals surface area contributed by atoms with Crippen molar-refractivity contribution in [3.63, 3.8) is 0 Å². The molecule has 1 atom stereocenters. The minimum Gasteiger partial charge on any atom is -0.493 e. The summed E-state index contributed by atoms with van der Waals surface area (Å²) in [5.74, 6) is 0.728. The van der Waals surface area contributed by atoms with Crippen LogP contribution >= 0.6 is 0 Å². The molecule has 2 fully saturated rings. The van der Waals surface area contributed by atoms with E-state index in [9.17, 15) is 14.4 Å². The molecule has 7 heteroatoms. The van der Waals surface area contributed by atoms with Crippen LogP contribution < -0.4 is 4.74 Å². The van der Waals surface area contributed by atoms with Crippen LogP contribution in [0.2, 0.25) is 0 Å². The van der Waals surface area contributed by atoms with E-state index in [-0.39, 0.29) is 23.8 Å². The fourth-order valence-corrected chi connectivity index (χ4v) is 4.56. The molecule has 144 valence electrons. The maximum Gasteiger partial charge on any atom is 0.327 e. The van der Waals surface area contributed by atoms with Gasteiger partial charge in [0, 0.05) is 33.1 Å². The molecule has 0 N–H and O–H groups in total. The van der Waals surface area contributed by atoms with E-state index in [1.807, 2.05) is 29.2 Å². The van der Waals surface area contributed by atoms with Gasteiger partial charge in [0.2, 0.25) is 5.91 Å². The first-order valence-electron chi connectivity index (χ1n) is 9.49. The Kier molecular flexibility index (Phi) is 4.32. The lowest BCUT2D eigenvalue weighted by Crippen LogP contribution is -2.57. The number of imide groups is 1. The van der Waals surface area contributed by atoms with E-state index in [0.29, 0.717) is 45.4 Å². The van der Waals surface area contributed by atoms with E-state index in [4.69, 9.17) is 4.74 Å². The van der Waals surface area contributed by atoms with E-state index in [2.05, 4.69) is 0 Å². The van der Waals surface area contributed by atoms with Crippen molar-refractivity contribution in [3.8, 4) is 5.75 Å². The summed E-state index contributed by atoms with van der Waals surface area (Å²) < 4.78 is 5.78. The van der Waals surface area contributed by atoms with Crippen molar-refractivity contribution in [1.82, 2.24) is 14.7 Å². The van der Waals surface area contributed by atoms with Gasteiger partial charge in [0.15, 0.2) is 0 Å². The second-order valence-electron chi connectivity index (χ2n) is 7.71. The first kappa shape index (κ1) is 17.8. The smallest absolute Gasteiger partial charge is 0.327 e. The summed E-state index contributed by atoms with van der Waals surface area (Å²) in [4.78, 5) is 42.5. The number of benzene rings is 1. The van der Waals surface area contributed by atoms with Gasteiger partial charge in [0.1, 0.15) is 11.3 Å². The number of fused-ring (bicyclic) bond motifs is 1. The Morgan fingerprint density at radius 2 is 1.85 bits per heavy atom. The van der Waals surface area contributed by atoms with Crippen LogP contribution in [0.15, 0.2) is 24.3 Å². The number of rotatable bonds is 1. The predicted molar refractivity (Wildman–Crippen MR) is 98.2 cm³/mol. The van der Waals surface area contributed by atoms with Crippen molar-refractivity contribution in [2.45, 2.75) is 31.2 Å². The summed E-state index contributed by atoms with van der Waals surface area (Å²) in [5.41, 5.74) is 0.279. The number of hydrogen-bond acceptors (Lipinski definition) is 4. The Bertz CT molecular complexity index is 785. The molecular weight excluding hydrogens is 346 g/mol. The van der Waals surface area contributed by atoms with Gasteiger partial charge in [-0.2, -0.15) is 0 Å². The number of amides is 4. The molecule has 1 aromatic carbocycles. The summed E-state index contributed by atoms with van der Waals surface area (Å²) in [6, 6.07) is 7.60. The van der Waals surface area contributed by atoms with E-state index >= 15 is 0 Å². The molecular formula is C20H25N3O4. The Morgan fingerprint density at radius 3 is 2.52 bits per heavy atom. The number of likely N-dealkylation sites (N-methyl/N-ethyl adjacent to an activating group) is 2. The number of carbonyl (C=O) groups is 3. The molecule has 4 amide bonds. The van der Waals surface area contributed by atoms with Crippen molar-refractivity contribution in [1.29, 1.82) is 0 Å². The predicted octanol–water partition coefficient (Wildman–Crippen LogP) is 1.51. The minimum atomic E-state index is -0.790. The Labute approximate surface area is 158 Å². The number of likely N-dealkylation sites (tertiary alicyclic amines) is 1.